The monoisotopic (exact) mass is 1360 g/mol. The van der Waals surface area contributed by atoms with Crippen LogP contribution in [0.3, 0.4) is 0 Å². The van der Waals surface area contributed by atoms with Crippen LogP contribution in [-0.2, 0) is 76.8 Å². The molecule has 3 aliphatic heterocycles. The number of likely N-dealkylation sites (tertiary alicyclic amines) is 3. The first-order valence-electron chi connectivity index (χ1n) is 32.0. The van der Waals surface area contributed by atoms with E-state index in [0.29, 0.717) is 23.1 Å². The Morgan fingerprint density at radius 3 is 1.44 bits per heavy atom. The van der Waals surface area contributed by atoms with Crippen molar-refractivity contribution in [2.24, 2.45) is 22.2 Å². The Morgan fingerprint density at radius 2 is 0.938 bits per heavy atom. The van der Waals surface area contributed by atoms with Crippen molar-refractivity contribution in [3.8, 4) is 11.5 Å². The predicted molar refractivity (Wildman–Crippen MR) is 346 cm³/mol. The van der Waals surface area contributed by atoms with Crippen molar-refractivity contribution in [1.82, 2.24) is 57.2 Å². The molecule has 3 aromatic carbocycles. The van der Waals surface area contributed by atoms with Gasteiger partial charge in [-0.3, -0.25) is 57.7 Å². The van der Waals surface area contributed by atoms with Gasteiger partial charge in [-0.15, -0.1) is 0 Å². The van der Waals surface area contributed by atoms with Crippen LogP contribution in [0.1, 0.15) is 88.8 Å². The Kier molecular flexibility index (Phi) is 28.4. The van der Waals surface area contributed by atoms with Gasteiger partial charge in [0.25, 0.3) is 0 Å². The van der Waals surface area contributed by atoms with Crippen LogP contribution in [0.15, 0.2) is 83.9 Å². The number of aliphatic imine (C=N–C) groups is 1. The van der Waals surface area contributed by atoms with E-state index in [1.807, 2.05) is 0 Å². The summed E-state index contributed by atoms with van der Waals surface area (Å²) in [4.78, 5) is 173. The number of amides is 11. The molecule has 0 unspecified atom stereocenters. The average molecular weight is 1360 g/mol. The lowest BCUT2D eigenvalue weighted by Crippen LogP contribution is -2.61. The standard InChI is InChI=1S/C64H89N15O18/c1-34(69-56(89)48-14-9-27-78(48)61(94)42(65)32-80)52(85)73-45(30-39-19-23-41(84)24-20-39)62(95)79-28-10-16-50(79)58(91)72-44(29-38-17-21-40(83)22-18-38)54(87)75-47(33-81)55(88)70-35(2)60(93)77-26-8-15-49(77)57(90)71-43(13-7-25-68-64(66)67)53(86)76-51(36(3)82)59(92)74-46(63(96)97)31-37-11-5-4-6-12-37/h4-6,11-12,17-24,34-36,42-51,80-84H,7-10,13-16,25-33,65H2,1-3H3,(H,69,89)(H,70,88)(H,71,90)(H,72,91)(H,73,85)(H,74,92)(H,75,87)(H,76,86)(H,96,97)(H4,66,67,68)/t34-,35-,36+,42-,43-,44-,45-,46-,47-,48-,49-,50-,51-/m0/s1. The molecule has 97 heavy (non-hydrogen) atoms. The van der Waals surface area contributed by atoms with Gasteiger partial charge < -0.3 is 105 Å². The Balaban J connectivity index is 1.12. The van der Waals surface area contributed by atoms with E-state index in [9.17, 15) is 88.2 Å². The second-order valence-electron chi connectivity index (χ2n) is 24.3. The number of carboxylic acids is 1. The zero-order valence-electron chi connectivity index (χ0n) is 54.1. The third-order valence-corrected chi connectivity index (χ3v) is 16.9. The van der Waals surface area contributed by atoms with Crippen LogP contribution in [0.4, 0.5) is 0 Å². The van der Waals surface area contributed by atoms with Crippen LogP contribution in [-0.4, -0.2) is 240 Å². The van der Waals surface area contributed by atoms with Crippen molar-refractivity contribution in [2.75, 3.05) is 39.4 Å². The quantitative estimate of drug-likeness (QED) is 0.0154. The summed E-state index contributed by atoms with van der Waals surface area (Å²) in [6, 6.07) is 3.03. The molecule has 6 rings (SSSR count). The fraction of sp³-hybridized carbons (Fsp3) is 0.516. The Bertz CT molecular complexity index is 3300. The van der Waals surface area contributed by atoms with E-state index in [-0.39, 0.29) is 108 Å². The number of benzene rings is 3. The number of carbonyl (C=O) groups is 12. The Labute approximate surface area is 559 Å². The van der Waals surface area contributed by atoms with Gasteiger partial charge in [-0.1, -0.05) is 54.6 Å². The number of hydrogen-bond donors (Lipinski definition) is 17. The third-order valence-electron chi connectivity index (χ3n) is 16.9. The van der Waals surface area contributed by atoms with Crippen LogP contribution in [0.25, 0.3) is 0 Å². The van der Waals surface area contributed by atoms with Crippen LogP contribution in [0.2, 0.25) is 0 Å². The minimum absolute atomic E-state index is 0.000412. The summed E-state index contributed by atoms with van der Waals surface area (Å²) >= 11 is 0. The van der Waals surface area contributed by atoms with Crippen LogP contribution in [0.5, 0.6) is 11.5 Å². The van der Waals surface area contributed by atoms with Crippen LogP contribution < -0.4 is 59.7 Å². The number of rotatable bonds is 33. The number of carboxylic acid groups (broad SMARTS) is 1. The number of guanidine groups is 1. The summed E-state index contributed by atoms with van der Waals surface area (Å²) in [5.74, 6) is -11.3. The molecule has 3 saturated heterocycles. The molecule has 20 N–H and O–H groups in total. The molecule has 0 aromatic heterocycles. The predicted octanol–water partition coefficient (Wildman–Crippen LogP) is -5.15. The Morgan fingerprint density at radius 1 is 0.495 bits per heavy atom. The zero-order chi connectivity index (χ0) is 71.2. The summed E-state index contributed by atoms with van der Waals surface area (Å²) in [6.45, 7) is 2.36. The molecule has 3 fully saturated rings. The SMILES string of the molecule is C[C@H](NC(=O)[C@@H]1CCCN1C(=O)[C@@H](N)CO)C(=O)N[C@@H](Cc1ccc(O)cc1)C(=O)N1CCC[C@H]1C(=O)N[C@@H](Cc1ccc(O)cc1)C(=O)N[C@@H](CO)C(=O)N[C@@H](C)C(=O)N1CCC[C@H]1C(=O)N[C@@H](CCCN=C(N)N)C(=O)N[C@H](C(=O)N[C@@H](Cc1ccccc1)C(=O)O)[C@@H](C)O. The highest BCUT2D eigenvalue weighted by molar-refractivity contribution is 6.00. The first-order chi connectivity index (χ1) is 46.1. The second-order valence-corrected chi connectivity index (χ2v) is 24.3. The van der Waals surface area contributed by atoms with Gasteiger partial charge in [-0.2, -0.15) is 0 Å². The maximum Gasteiger partial charge on any atom is 0.326 e. The molecule has 0 spiro atoms. The van der Waals surface area contributed by atoms with Crippen molar-refractivity contribution < 1.29 is 88.2 Å². The van der Waals surface area contributed by atoms with E-state index in [1.54, 1.807) is 30.3 Å². The number of aromatic hydroxyl groups is 2. The molecule has 33 nitrogen and oxygen atoms in total. The summed E-state index contributed by atoms with van der Waals surface area (Å²) in [5, 5.41) is 80.9. The Hall–Kier alpha value is -9.99. The van der Waals surface area contributed by atoms with E-state index in [0.717, 1.165) is 4.90 Å². The number of phenolic OH excluding ortho intramolecular Hbond substituents is 2. The van der Waals surface area contributed by atoms with E-state index >= 15 is 0 Å². The average Bonchev–Trinajstić information content (AvgIpc) is 1.80. The molecule has 0 bridgehead atoms. The highest BCUT2D eigenvalue weighted by Crippen LogP contribution is 2.24. The van der Waals surface area contributed by atoms with Crippen LogP contribution >= 0.6 is 0 Å². The topological polar surface area (TPSA) is 523 Å². The minimum Gasteiger partial charge on any atom is -0.508 e. The van der Waals surface area contributed by atoms with Gasteiger partial charge in [-0.05, 0) is 113 Å². The van der Waals surface area contributed by atoms with Crippen LogP contribution in [0, 0.1) is 0 Å². The van der Waals surface area contributed by atoms with Gasteiger partial charge in [0.2, 0.25) is 65.0 Å². The fourth-order valence-electron chi connectivity index (χ4n) is 11.6. The van der Waals surface area contributed by atoms with Gasteiger partial charge >= 0.3 is 5.97 Å². The van der Waals surface area contributed by atoms with Gasteiger partial charge in [0, 0.05) is 45.4 Å². The maximum atomic E-state index is 14.7. The number of phenols is 2. The highest BCUT2D eigenvalue weighted by atomic mass is 16.4. The normalized spacial score (nSPS) is 19.0. The molecule has 0 radical (unpaired) electrons. The molecule has 11 amide bonds. The zero-order valence-corrected chi connectivity index (χ0v) is 54.1. The van der Waals surface area contributed by atoms with Crippen molar-refractivity contribution in [3.63, 3.8) is 0 Å². The lowest BCUT2D eigenvalue weighted by atomic mass is 10.0. The maximum absolute atomic E-state index is 14.7. The molecular weight excluding hydrogens is 1270 g/mol. The lowest BCUT2D eigenvalue weighted by Gasteiger charge is -2.31. The fourth-order valence-corrected chi connectivity index (χ4v) is 11.6. The highest BCUT2D eigenvalue weighted by Gasteiger charge is 2.43. The summed E-state index contributed by atoms with van der Waals surface area (Å²) in [5.41, 5.74) is 18.2. The smallest absolute Gasteiger partial charge is 0.326 e. The first-order valence-corrected chi connectivity index (χ1v) is 32.0. The number of aliphatic hydroxyl groups excluding tert-OH is 3. The van der Waals surface area contributed by atoms with Crippen molar-refractivity contribution in [3.05, 3.63) is 95.6 Å². The molecule has 0 aliphatic carbocycles. The number of aliphatic hydroxyl groups is 3. The molecule has 528 valence electrons. The number of nitrogens with zero attached hydrogens (tertiary/aromatic N) is 4. The number of nitrogens with two attached hydrogens (primary N) is 3. The van der Waals surface area contributed by atoms with E-state index in [4.69, 9.17) is 17.2 Å². The van der Waals surface area contributed by atoms with Crippen molar-refractivity contribution >= 4 is 76.9 Å². The minimum atomic E-state index is -1.77. The first kappa shape index (κ1) is 76.0. The molecule has 3 aromatic rings. The molecule has 13 atom stereocenters. The van der Waals surface area contributed by atoms with Crippen molar-refractivity contribution in [1.29, 1.82) is 0 Å². The van der Waals surface area contributed by atoms with Gasteiger partial charge in [0.1, 0.15) is 84.0 Å². The number of hydrogen-bond acceptors (Lipinski definition) is 19. The van der Waals surface area contributed by atoms with Gasteiger partial charge in [-0.25, -0.2) is 4.79 Å². The van der Waals surface area contributed by atoms with E-state index < -0.39 is 163 Å². The molecular formula is C64H89N15O18. The number of carbonyl (C=O) groups excluding carboxylic acids is 11. The van der Waals surface area contributed by atoms with Gasteiger partial charge in [0.05, 0.1) is 19.3 Å². The molecule has 3 aliphatic rings. The largest absolute Gasteiger partial charge is 0.508 e. The van der Waals surface area contributed by atoms with E-state index in [1.165, 1.54) is 79.1 Å². The summed E-state index contributed by atoms with van der Waals surface area (Å²) < 4.78 is 0. The second kappa shape index (κ2) is 36.2. The lowest BCUT2D eigenvalue weighted by molar-refractivity contribution is -0.143. The molecule has 3 heterocycles. The third kappa shape index (κ3) is 21.8. The molecule has 0 saturated carbocycles. The van der Waals surface area contributed by atoms with E-state index in [2.05, 4.69) is 47.5 Å². The molecule has 33 heteroatoms. The number of nitrogens with one attached hydrogen (secondary N) is 8. The summed E-state index contributed by atoms with van der Waals surface area (Å²) in [6.07, 6.45) is -0.724. The number of aliphatic carboxylic acids is 1. The van der Waals surface area contributed by atoms with Crippen molar-refractivity contribution in [2.45, 2.75) is 170 Å². The van der Waals surface area contributed by atoms with Gasteiger partial charge in [0.15, 0.2) is 5.96 Å². The summed E-state index contributed by atoms with van der Waals surface area (Å²) in [7, 11) is 0.